The Balaban J connectivity index is 1.93. The maximum absolute atomic E-state index is 14.7. The highest BCUT2D eigenvalue weighted by Gasteiger charge is 2.43. The normalized spacial score (nSPS) is 16.1. The number of ether oxygens (including phenoxy) is 3. The predicted molar refractivity (Wildman–Crippen MR) is 120 cm³/mol. The zero-order valence-electron chi connectivity index (χ0n) is 18.8. The van der Waals surface area contributed by atoms with E-state index in [1.807, 2.05) is 13.8 Å². The molecule has 1 fully saturated rings. The van der Waals surface area contributed by atoms with Crippen molar-refractivity contribution in [2.45, 2.75) is 51.6 Å². The Hall–Kier alpha value is -2.93. The molecule has 0 radical (unpaired) electrons. The van der Waals surface area contributed by atoms with Crippen LogP contribution in [0, 0.1) is 5.82 Å². The van der Waals surface area contributed by atoms with Crippen molar-refractivity contribution in [3.05, 3.63) is 59.4 Å². The molecule has 1 amide bonds. The third kappa shape index (κ3) is 5.10. The van der Waals surface area contributed by atoms with Gasteiger partial charge >= 0.3 is 5.97 Å². The highest BCUT2D eigenvalue weighted by atomic mass is 19.1. The van der Waals surface area contributed by atoms with Crippen LogP contribution in [0.25, 0.3) is 0 Å². The van der Waals surface area contributed by atoms with Gasteiger partial charge in [-0.15, -0.1) is 0 Å². The molecule has 2 aromatic rings. The van der Waals surface area contributed by atoms with Crippen molar-refractivity contribution in [2.75, 3.05) is 25.1 Å². The number of hydrogen-bond donors (Lipinski definition) is 1. The lowest BCUT2D eigenvalue weighted by Crippen LogP contribution is -2.45. The molecule has 0 aliphatic carbocycles. The molecule has 1 N–H and O–H groups in total. The van der Waals surface area contributed by atoms with E-state index >= 15 is 0 Å². The lowest BCUT2D eigenvalue weighted by molar-refractivity contribution is -0.125. The molecular formula is C25H30FNO5. The third-order valence-corrected chi connectivity index (χ3v) is 5.81. The number of nitrogens with one attached hydrogen (secondary N) is 1. The molecule has 1 atom stereocenters. The number of carbonyl (C=O) groups excluding carboxylic acids is 2. The summed E-state index contributed by atoms with van der Waals surface area (Å²) in [7, 11) is 0. The fourth-order valence-corrected chi connectivity index (χ4v) is 3.82. The van der Waals surface area contributed by atoms with Crippen LogP contribution in [-0.4, -0.2) is 37.8 Å². The van der Waals surface area contributed by atoms with Crippen molar-refractivity contribution in [2.24, 2.45) is 0 Å². The summed E-state index contributed by atoms with van der Waals surface area (Å²) < 4.78 is 31.2. The smallest absolute Gasteiger partial charge is 0.341 e. The molecule has 6 nitrogen and oxygen atoms in total. The topological polar surface area (TPSA) is 73.9 Å². The first-order chi connectivity index (χ1) is 15.4. The molecule has 1 aliphatic rings. The summed E-state index contributed by atoms with van der Waals surface area (Å²) in [5.41, 5.74) is -0.0590. The van der Waals surface area contributed by atoms with Crippen LogP contribution in [0.4, 0.5) is 10.1 Å². The van der Waals surface area contributed by atoms with Crippen molar-refractivity contribution < 1.29 is 28.2 Å². The summed E-state index contributed by atoms with van der Waals surface area (Å²) in [4.78, 5) is 26.0. The number of anilines is 1. The number of esters is 1. The molecule has 0 bridgehead atoms. The van der Waals surface area contributed by atoms with Crippen LogP contribution in [0.5, 0.6) is 5.75 Å². The van der Waals surface area contributed by atoms with E-state index < -0.39 is 17.2 Å². The average Bonchev–Trinajstić information content (AvgIpc) is 2.80. The Bertz CT molecular complexity index is 955. The van der Waals surface area contributed by atoms with Crippen molar-refractivity contribution >= 4 is 17.6 Å². The number of carbonyl (C=O) groups is 2. The van der Waals surface area contributed by atoms with Crippen molar-refractivity contribution in [1.82, 2.24) is 0 Å². The van der Waals surface area contributed by atoms with Gasteiger partial charge in [0.25, 0.3) is 0 Å². The van der Waals surface area contributed by atoms with Gasteiger partial charge in [0.1, 0.15) is 17.1 Å². The fourth-order valence-electron chi connectivity index (χ4n) is 3.82. The first-order valence-corrected chi connectivity index (χ1v) is 11.0. The van der Waals surface area contributed by atoms with Crippen molar-refractivity contribution in [1.29, 1.82) is 0 Å². The Morgan fingerprint density at radius 2 is 1.88 bits per heavy atom. The monoisotopic (exact) mass is 443 g/mol. The number of amides is 1. The molecule has 1 aliphatic heterocycles. The molecule has 0 saturated carbocycles. The summed E-state index contributed by atoms with van der Waals surface area (Å²) in [5, 5.41) is 2.89. The van der Waals surface area contributed by atoms with E-state index in [0.717, 1.165) is 6.42 Å². The van der Waals surface area contributed by atoms with Gasteiger partial charge < -0.3 is 19.5 Å². The Kier molecular flexibility index (Phi) is 7.85. The average molecular weight is 444 g/mol. The Morgan fingerprint density at radius 3 is 2.53 bits per heavy atom. The van der Waals surface area contributed by atoms with Crippen LogP contribution in [0.2, 0.25) is 0 Å². The van der Waals surface area contributed by atoms with Gasteiger partial charge in [-0.3, -0.25) is 4.79 Å². The summed E-state index contributed by atoms with van der Waals surface area (Å²) in [5.74, 6) is -0.896. The number of benzene rings is 2. The minimum Gasteiger partial charge on any atom is -0.490 e. The molecule has 0 spiro atoms. The minimum absolute atomic E-state index is 0.0878. The molecule has 0 unspecified atom stereocenters. The number of rotatable bonds is 8. The first-order valence-electron chi connectivity index (χ1n) is 11.0. The zero-order valence-corrected chi connectivity index (χ0v) is 18.8. The van der Waals surface area contributed by atoms with Gasteiger partial charge in [0, 0.05) is 24.5 Å². The predicted octanol–water partition coefficient (Wildman–Crippen LogP) is 4.87. The molecule has 7 heteroatoms. The molecule has 0 aromatic heterocycles. The second-order valence-corrected chi connectivity index (χ2v) is 7.90. The highest BCUT2D eigenvalue weighted by molar-refractivity contribution is 6.01. The fraction of sp³-hybridized carbons (Fsp3) is 0.440. The van der Waals surface area contributed by atoms with Crippen LogP contribution >= 0.6 is 0 Å². The third-order valence-electron chi connectivity index (χ3n) is 5.81. The van der Waals surface area contributed by atoms with Crippen molar-refractivity contribution in [3.8, 4) is 5.75 Å². The number of halogens is 1. The van der Waals surface area contributed by atoms with Gasteiger partial charge in [-0.05, 0) is 57.4 Å². The lowest BCUT2D eigenvalue weighted by atomic mass is 9.73. The van der Waals surface area contributed by atoms with E-state index in [1.165, 1.54) is 6.07 Å². The molecule has 3 rings (SSSR count). The van der Waals surface area contributed by atoms with E-state index in [1.54, 1.807) is 43.3 Å². The first kappa shape index (κ1) is 23.7. The Morgan fingerprint density at radius 1 is 1.16 bits per heavy atom. The molecule has 2 aromatic carbocycles. The molecule has 1 heterocycles. The molecule has 1 saturated heterocycles. The van der Waals surface area contributed by atoms with Gasteiger partial charge in [0.15, 0.2) is 0 Å². The number of hydrogen-bond acceptors (Lipinski definition) is 5. The van der Waals surface area contributed by atoms with Gasteiger partial charge in [0.2, 0.25) is 5.91 Å². The lowest BCUT2D eigenvalue weighted by Gasteiger charge is -2.36. The summed E-state index contributed by atoms with van der Waals surface area (Å²) in [6, 6.07) is 11.2. The van der Waals surface area contributed by atoms with Gasteiger partial charge in [-0.2, -0.15) is 0 Å². The quantitative estimate of drug-likeness (QED) is 0.590. The summed E-state index contributed by atoms with van der Waals surface area (Å²) in [6.07, 6.45) is 1.41. The van der Waals surface area contributed by atoms with E-state index in [-0.39, 0.29) is 24.2 Å². The van der Waals surface area contributed by atoms with Crippen LogP contribution < -0.4 is 10.1 Å². The van der Waals surface area contributed by atoms with E-state index in [4.69, 9.17) is 14.2 Å². The maximum atomic E-state index is 14.7. The van der Waals surface area contributed by atoms with Crippen LogP contribution in [0.15, 0.2) is 42.5 Å². The molecular weight excluding hydrogens is 413 g/mol. The van der Waals surface area contributed by atoms with Gasteiger partial charge in [-0.1, -0.05) is 25.1 Å². The second-order valence-electron chi connectivity index (χ2n) is 7.90. The minimum atomic E-state index is -1.06. The van der Waals surface area contributed by atoms with Crippen LogP contribution in [-0.2, 0) is 19.7 Å². The zero-order chi connectivity index (χ0) is 23.1. The largest absolute Gasteiger partial charge is 0.490 e. The highest BCUT2D eigenvalue weighted by Crippen LogP contribution is 2.38. The van der Waals surface area contributed by atoms with E-state index in [2.05, 4.69) is 5.32 Å². The van der Waals surface area contributed by atoms with Crippen molar-refractivity contribution in [3.63, 3.8) is 0 Å². The van der Waals surface area contributed by atoms with Gasteiger partial charge in [-0.25, -0.2) is 9.18 Å². The summed E-state index contributed by atoms with van der Waals surface area (Å²) in [6.45, 7) is 6.55. The molecule has 32 heavy (non-hydrogen) atoms. The van der Waals surface area contributed by atoms with E-state index in [0.29, 0.717) is 43.1 Å². The van der Waals surface area contributed by atoms with Crippen LogP contribution in [0.3, 0.4) is 0 Å². The van der Waals surface area contributed by atoms with Gasteiger partial charge in [0.05, 0.1) is 18.1 Å². The molecule has 172 valence electrons. The Labute approximate surface area is 188 Å². The van der Waals surface area contributed by atoms with Crippen LogP contribution in [0.1, 0.15) is 56.0 Å². The summed E-state index contributed by atoms with van der Waals surface area (Å²) >= 11 is 0. The standard InChI is InChI=1S/C25H30FNO5/c1-4-17(3)32-22-11-10-18(16-19(22)23(28)31-5-2)27-24(29)25(12-14-30-15-13-25)20-8-6-7-9-21(20)26/h6-11,16-17H,4-5,12-15H2,1-3H3,(H,27,29)/t17-/m1/s1. The maximum Gasteiger partial charge on any atom is 0.341 e. The SMILES string of the molecule is CCOC(=O)c1cc(NC(=O)C2(c3ccccc3F)CCOCC2)ccc1O[C@H](C)CC. The second kappa shape index (κ2) is 10.6. The van der Waals surface area contributed by atoms with E-state index in [9.17, 15) is 14.0 Å².